The van der Waals surface area contributed by atoms with Crippen LogP contribution in [0.1, 0.15) is 26.3 Å². The number of halogens is 3. The molecule has 0 radical (unpaired) electrons. The van der Waals surface area contributed by atoms with Crippen LogP contribution in [0.5, 0.6) is 0 Å². The fraction of sp³-hybridized carbons (Fsp3) is 0.471. The van der Waals surface area contributed by atoms with Crippen LogP contribution >= 0.6 is 11.8 Å². The maximum Gasteiger partial charge on any atom is 0.417 e. The van der Waals surface area contributed by atoms with Gasteiger partial charge in [-0.15, -0.1) is 0 Å². The van der Waals surface area contributed by atoms with Gasteiger partial charge in [0, 0.05) is 35.5 Å². The van der Waals surface area contributed by atoms with Crippen LogP contribution in [0.3, 0.4) is 0 Å². The van der Waals surface area contributed by atoms with Crippen molar-refractivity contribution in [1.82, 2.24) is 9.29 Å². The summed E-state index contributed by atoms with van der Waals surface area (Å²) in [5.41, 5.74) is -1.96. The van der Waals surface area contributed by atoms with E-state index in [0.29, 0.717) is 11.8 Å². The molecule has 0 saturated heterocycles. The van der Waals surface area contributed by atoms with Crippen molar-refractivity contribution in [2.75, 3.05) is 12.3 Å². The lowest BCUT2D eigenvalue weighted by atomic mass is 10.1. The average molecular weight is 422 g/mol. The van der Waals surface area contributed by atoms with Gasteiger partial charge in [0.2, 0.25) is 10.0 Å². The molecule has 0 amide bonds. The van der Waals surface area contributed by atoms with Crippen LogP contribution in [-0.2, 0) is 23.2 Å². The van der Waals surface area contributed by atoms with E-state index in [1.54, 1.807) is 11.8 Å². The number of nitrogens with zero attached hydrogens (tertiary/aromatic N) is 1. The van der Waals surface area contributed by atoms with Gasteiger partial charge in [0.15, 0.2) is 0 Å². The molecule has 0 saturated carbocycles. The molecule has 0 spiro atoms. The number of rotatable bonds is 5. The van der Waals surface area contributed by atoms with Crippen molar-refractivity contribution in [3.8, 4) is 0 Å². The van der Waals surface area contributed by atoms with Gasteiger partial charge in [0.1, 0.15) is 0 Å². The number of hydrogen-bond donors (Lipinski definition) is 1. The fourth-order valence-electron chi connectivity index (χ4n) is 2.46. The van der Waals surface area contributed by atoms with Crippen molar-refractivity contribution in [1.29, 1.82) is 0 Å². The van der Waals surface area contributed by atoms with Gasteiger partial charge in [0.25, 0.3) is 5.56 Å². The highest BCUT2D eigenvalue weighted by Crippen LogP contribution is 2.34. The lowest BCUT2D eigenvalue weighted by Crippen LogP contribution is -2.27. The van der Waals surface area contributed by atoms with Crippen LogP contribution in [0.4, 0.5) is 13.2 Å². The summed E-state index contributed by atoms with van der Waals surface area (Å²) in [6, 6.07) is 3.84. The Hall–Kier alpha value is -1.52. The molecule has 150 valence electrons. The lowest BCUT2D eigenvalue weighted by molar-refractivity contribution is -0.136. The summed E-state index contributed by atoms with van der Waals surface area (Å²) >= 11 is 1.57. The molecular weight excluding hydrogens is 401 g/mol. The number of pyridine rings is 1. The third kappa shape index (κ3) is 5.26. The molecule has 2 rings (SSSR count). The number of nitrogens with one attached hydrogen (secondary N) is 1. The molecule has 2 aromatic rings. The van der Waals surface area contributed by atoms with Gasteiger partial charge in [-0.2, -0.15) is 24.9 Å². The predicted molar refractivity (Wildman–Crippen MR) is 102 cm³/mol. The normalized spacial score (nSPS) is 13.3. The molecule has 0 atom stereocenters. The first-order valence-electron chi connectivity index (χ1n) is 8.07. The zero-order valence-electron chi connectivity index (χ0n) is 15.3. The minimum Gasteiger partial charge on any atom is -0.311 e. The van der Waals surface area contributed by atoms with Crippen molar-refractivity contribution in [2.24, 2.45) is 7.05 Å². The smallest absolute Gasteiger partial charge is 0.311 e. The third-order valence-electron chi connectivity index (χ3n) is 3.76. The summed E-state index contributed by atoms with van der Waals surface area (Å²) in [6.45, 7) is 6.15. The molecule has 0 aliphatic heterocycles. The molecule has 1 aromatic carbocycles. The van der Waals surface area contributed by atoms with Crippen LogP contribution in [0.25, 0.3) is 10.9 Å². The highest BCUT2D eigenvalue weighted by molar-refractivity contribution is 8.00. The maximum absolute atomic E-state index is 13.3. The topological polar surface area (TPSA) is 68.2 Å². The van der Waals surface area contributed by atoms with Gasteiger partial charge in [-0.1, -0.05) is 20.8 Å². The van der Waals surface area contributed by atoms with Gasteiger partial charge in [-0.05, 0) is 18.2 Å². The summed E-state index contributed by atoms with van der Waals surface area (Å²) in [6.07, 6.45) is -4.77. The molecule has 27 heavy (non-hydrogen) atoms. The Labute approximate surface area is 160 Å². The Morgan fingerprint density at radius 3 is 2.33 bits per heavy atom. The van der Waals surface area contributed by atoms with E-state index >= 15 is 0 Å². The number of aryl methyl sites for hydroxylation is 1. The Kier molecular flexibility index (Phi) is 6.03. The van der Waals surface area contributed by atoms with Crippen molar-refractivity contribution >= 4 is 32.7 Å². The number of thioether (sulfide) groups is 1. The number of aromatic nitrogens is 1. The van der Waals surface area contributed by atoms with Gasteiger partial charge in [-0.25, -0.2) is 13.1 Å². The summed E-state index contributed by atoms with van der Waals surface area (Å²) in [5.74, 6) is 0.526. The molecule has 1 heterocycles. The molecule has 10 heteroatoms. The van der Waals surface area contributed by atoms with Crippen LogP contribution in [-0.4, -0.2) is 30.0 Å². The molecular formula is C17H21F3N2O3S2. The van der Waals surface area contributed by atoms with Gasteiger partial charge in [0.05, 0.1) is 16.0 Å². The number of sulfonamides is 1. The fourth-order valence-corrected chi connectivity index (χ4v) is 4.46. The minimum absolute atomic E-state index is 0.0112. The maximum atomic E-state index is 13.3. The lowest BCUT2D eigenvalue weighted by Gasteiger charge is -2.17. The van der Waals surface area contributed by atoms with Gasteiger partial charge in [-0.3, -0.25) is 4.79 Å². The van der Waals surface area contributed by atoms with Crippen LogP contribution in [0.15, 0.2) is 34.0 Å². The highest BCUT2D eigenvalue weighted by atomic mass is 32.2. The first kappa shape index (κ1) is 21.8. The Bertz CT molecular complexity index is 1010. The molecule has 1 aromatic heterocycles. The second-order valence-corrected chi connectivity index (χ2v) is 10.7. The highest BCUT2D eigenvalue weighted by Gasteiger charge is 2.34. The second kappa shape index (κ2) is 7.48. The number of hydrogen-bond acceptors (Lipinski definition) is 4. The first-order chi connectivity index (χ1) is 12.2. The summed E-state index contributed by atoms with van der Waals surface area (Å²) in [5, 5.41) is -0.337. The quantitative estimate of drug-likeness (QED) is 0.751. The van der Waals surface area contributed by atoms with Crippen LogP contribution in [0.2, 0.25) is 0 Å². The minimum atomic E-state index is -4.77. The molecule has 0 bridgehead atoms. The molecule has 1 N–H and O–H groups in total. The average Bonchev–Trinajstić information content (AvgIpc) is 2.52. The van der Waals surface area contributed by atoms with Crippen molar-refractivity contribution in [2.45, 2.75) is 36.6 Å². The molecule has 0 aliphatic carbocycles. The zero-order valence-corrected chi connectivity index (χ0v) is 17.0. The van der Waals surface area contributed by atoms with E-state index in [1.165, 1.54) is 19.2 Å². The van der Waals surface area contributed by atoms with Gasteiger partial charge < -0.3 is 4.57 Å². The van der Waals surface area contributed by atoms with Crippen LogP contribution in [0, 0.1) is 0 Å². The van der Waals surface area contributed by atoms with E-state index in [9.17, 15) is 26.4 Å². The second-order valence-electron chi connectivity index (χ2n) is 6.99. The van der Waals surface area contributed by atoms with E-state index in [-0.39, 0.29) is 27.1 Å². The largest absolute Gasteiger partial charge is 0.417 e. The monoisotopic (exact) mass is 422 g/mol. The molecule has 0 fully saturated rings. The zero-order chi connectivity index (χ0) is 20.6. The SMILES string of the molecule is Cn1c(=O)cc(C(F)(F)F)c2cc(S(=O)(=O)NCCSC(C)(C)C)ccc21. The third-order valence-corrected chi connectivity index (χ3v) is 6.50. The number of fused-ring (bicyclic) bond motifs is 1. The van der Waals surface area contributed by atoms with Crippen LogP contribution < -0.4 is 10.3 Å². The van der Waals surface area contributed by atoms with E-state index in [2.05, 4.69) is 4.72 Å². The van der Waals surface area contributed by atoms with E-state index in [0.717, 1.165) is 10.6 Å². The molecule has 0 unspecified atom stereocenters. The Morgan fingerprint density at radius 1 is 1.15 bits per heavy atom. The standard InChI is InChI=1S/C17H21F3N2O3S2/c1-16(2,3)26-8-7-21-27(24,25)11-5-6-14-12(9-11)13(17(18,19)20)10-15(23)22(14)4/h5-6,9-10,21H,7-8H2,1-4H3. The predicted octanol–water partition coefficient (Wildman–Crippen LogP) is 3.37. The van der Waals surface area contributed by atoms with Crippen molar-refractivity contribution in [3.05, 3.63) is 40.2 Å². The first-order valence-corrected chi connectivity index (χ1v) is 10.5. The van der Waals surface area contributed by atoms with Crippen molar-refractivity contribution < 1.29 is 21.6 Å². The molecule has 0 aliphatic rings. The van der Waals surface area contributed by atoms with Gasteiger partial charge >= 0.3 is 6.18 Å². The number of alkyl halides is 3. The summed E-state index contributed by atoms with van der Waals surface area (Å²) < 4.78 is 68.2. The van der Waals surface area contributed by atoms with E-state index in [4.69, 9.17) is 0 Å². The summed E-state index contributed by atoms with van der Waals surface area (Å²) in [7, 11) is -2.64. The Balaban J connectivity index is 2.43. The van der Waals surface area contributed by atoms with E-state index in [1.807, 2.05) is 20.8 Å². The molecule has 5 nitrogen and oxygen atoms in total. The Morgan fingerprint density at radius 2 is 1.78 bits per heavy atom. The van der Waals surface area contributed by atoms with Crippen molar-refractivity contribution in [3.63, 3.8) is 0 Å². The number of benzene rings is 1. The van der Waals surface area contributed by atoms with E-state index < -0.39 is 27.3 Å². The summed E-state index contributed by atoms with van der Waals surface area (Å²) in [4.78, 5) is 11.5.